The molecule has 2 aromatic carbocycles. The third kappa shape index (κ3) is 6.84. The Morgan fingerprint density at radius 1 is 1.07 bits per heavy atom. The molecule has 0 spiro atoms. The quantitative estimate of drug-likeness (QED) is 0.297. The van der Waals surface area contributed by atoms with Crippen LogP contribution in [0, 0.1) is 11.8 Å². The predicted octanol–water partition coefficient (Wildman–Crippen LogP) is 7.67. The highest BCUT2D eigenvalue weighted by molar-refractivity contribution is 5.99. The van der Waals surface area contributed by atoms with Crippen LogP contribution in [0.2, 0.25) is 0 Å². The fraction of sp³-hybridized carbons (Fsp3) is 0.382. The summed E-state index contributed by atoms with van der Waals surface area (Å²) in [6.07, 6.45) is 9.61. The van der Waals surface area contributed by atoms with E-state index in [0.717, 1.165) is 41.5 Å². The molecule has 1 aromatic heterocycles. The average molecular weight is 557 g/mol. The highest BCUT2D eigenvalue weighted by atomic mass is 19.1. The van der Waals surface area contributed by atoms with Crippen molar-refractivity contribution in [1.29, 1.82) is 0 Å². The van der Waals surface area contributed by atoms with Gasteiger partial charge in [0.15, 0.2) is 0 Å². The van der Waals surface area contributed by atoms with E-state index in [1.165, 1.54) is 36.6 Å². The third-order valence-electron chi connectivity index (χ3n) is 8.10. The van der Waals surface area contributed by atoms with Crippen LogP contribution in [-0.2, 0) is 16.6 Å². The minimum atomic E-state index is -1.20. The molecule has 1 amide bonds. The summed E-state index contributed by atoms with van der Waals surface area (Å²) in [4.78, 5) is 30.1. The van der Waals surface area contributed by atoms with Crippen molar-refractivity contribution in [3.05, 3.63) is 89.5 Å². The van der Waals surface area contributed by atoms with Gasteiger partial charge in [0.1, 0.15) is 29.1 Å². The van der Waals surface area contributed by atoms with Crippen LogP contribution >= 0.6 is 0 Å². The lowest BCUT2D eigenvalue weighted by molar-refractivity contribution is -0.140. The molecule has 0 saturated heterocycles. The van der Waals surface area contributed by atoms with Crippen molar-refractivity contribution in [2.75, 3.05) is 0 Å². The third-order valence-corrected chi connectivity index (χ3v) is 8.10. The van der Waals surface area contributed by atoms with E-state index in [1.54, 1.807) is 6.07 Å². The van der Waals surface area contributed by atoms with Crippen LogP contribution in [0.15, 0.2) is 72.6 Å². The standard InChI is InChI=1S/C34H37FN2O4/c1-34(2,3)24-11-16-26(17-12-24)41-27-15-10-23-19-30(36-29(28(23)20-27)18-21-6-4-5-7-21)32(38)37-31(33(39)40)22-8-13-25(35)14-9-22/h8,10-17,19-22,31H,4-7,9,18H2,1-3H3,(H,37,38)(H,39,40)/t22?,31-/m0/s1. The van der Waals surface area contributed by atoms with Crippen LogP contribution in [0.3, 0.4) is 0 Å². The van der Waals surface area contributed by atoms with E-state index in [9.17, 15) is 19.1 Å². The summed E-state index contributed by atoms with van der Waals surface area (Å²) >= 11 is 0. The largest absolute Gasteiger partial charge is 0.480 e. The Kier molecular flexibility index (Phi) is 8.25. The van der Waals surface area contributed by atoms with Gasteiger partial charge in [-0.2, -0.15) is 0 Å². The van der Waals surface area contributed by atoms with Crippen molar-refractivity contribution < 1.29 is 23.8 Å². The molecule has 2 N–H and O–H groups in total. The van der Waals surface area contributed by atoms with Crippen LogP contribution in [0.1, 0.15) is 74.6 Å². The summed E-state index contributed by atoms with van der Waals surface area (Å²) < 4.78 is 19.6. The Hall–Kier alpha value is -4.00. The van der Waals surface area contributed by atoms with E-state index in [0.29, 0.717) is 11.7 Å². The highest BCUT2D eigenvalue weighted by Gasteiger charge is 2.30. The Morgan fingerprint density at radius 2 is 1.78 bits per heavy atom. The maximum absolute atomic E-state index is 13.4. The summed E-state index contributed by atoms with van der Waals surface area (Å²) in [5, 5.41) is 14.2. The molecule has 0 bridgehead atoms. The normalized spacial score (nSPS) is 18.2. The molecule has 0 radical (unpaired) electrons. The number of halogens is 1. The molecular formula is C34H37FN2O4. The number of aromatic nitrogens is 1. The van der Waals surface area contributed by atoms with E-state index >= 15 is 0 Å². The van der Waals surface area contributed by atoms with Gasteiger partial charge in [0.05, 0.1) is 0 Å². The first-order chi connectivity index (χ1) is 19.6. The van der Waals surface area contributed by atoms with Crippen LogP contribution in [0.5, 0.6) is 11.5 Å². The Labute approximate surface area is 240 Å². The number of pyridine rings is 1. The lowest BCUT2D eigenvalue weighted by Gasteiger charge is -2.23. The first-order valence-electron chi connectivity index (χ1n) is 14.4. The highest BCUT2D eigenvalue weighted by Crippen LogP contribution is 2.33. The van der Waals surface area contributed by atoms with Crippen molar-refractivity contribution in [2.24, 2.45) is 11.8 Å². The number of rotatable bonds is 8. The monoisotopic (exact) mass is 556 g/mol. The van der Waals surface area contributed by atoms with Crippen molar-refractivity contribution >= 4 is 22.6 Å². The van der Waals surface area contributed by atoms with Gasteiger partial charge >= 0.3 is 5.97 Å². The van der Waals surface area contributed by atoms with Gasteiger partial charge in [0.2, 0.25) is 0 Å². The van der Waals surface area contributed by atoms with Gasteiger partial charge in [-0.1, -0.05) is 70.7 Å². The van der Waals surface area contributed by atoms with Crippen molar-refractivity contribution in [1.82, 2.24) is 10.3 Å². The molecule has 1 fully saturated rings. The van der Waals surface area contributed by atoms with E-state index < -0.39 is 29.7 Å². The Morgan fingerprint density at radius 3 is 2.41 bits per heavy atom. The molecule has 2 atom stereocenters. The molecule has 1 saturated carbocycles. The van der Waals surface area contributed by atoms with E-state index in [1.807, 2.05) is 30.3 Å². The fourth-order valence-electron chi connectivity index (χ4n) is 5.70. The number of nitrogens with zero attached hydrogens (tertiary/aromatic N) is 1. The number of carbonyl (C=O) groups excluding carboxylic acids is 1. The van der Waals surface area contributed by atoms with Crippen LogP contribution in [0.4, 0.5) is 4.39 Å². The molecule has 6 nitrogen and oxygen atoms in total. The minimum absolute atomic E-state index is 0.0544. The van der Waals surface area contributed by atoms with Crippen molar-refractivity contribution in [3.63, 3.8) is 0 Å². The molecular weight excluding hydrogens is 519 g/mol. The van der Waals surface area contributed by atoms with Crippen LogP contribution in [0.25, 0.3) is 10.8 Å². The summed E-state index contributed by atoms with van der Waals surface area (Å²) in [5.41, 5.74) is 2.26. The Bertz CT molecular complexity index is 1500. The van der Waals surface area contributed by atoms with E-state index in [-0.39, 0.29) is 17.5 Å². The molecule has 7 heteroatoms. The fourth-order valence-corrected chi connectivity index (χ4v) is 5.70. The smallest absolute Gasteiger partial charge is 0.326 e. The molecule has 1 unspecified atom stereocenters. The Balaban J connectivity index is 1.43. The van der Waals surface area contributed by atoms with E-state index in [2.05, 4.69) is 38.2 Å². The number of ether oxygens (including phenoxy) is 1. The second kappa shape index (κ2) is 11.9. The maximum atomic E-state index is 13.4. The lowest BCUT2D eigenvalue weighted by Crippen LogP contribution is -2.46. The molecule has 1 heterocycles. The summed E-state index contributed by atoms with van der Waals surface area (Å²) in [6, 6.07) is 14.4. The first kappa shape index (κ1) is 28.5. The zero-order chi connectivity index (χ0) is 29.1. The molecule has 2 aliphatic carbocycles. The first-order valence-corrected chi connectivity index (χ1v) is 14.4. The van der Waals surface area contributed by atoms with Crippen LogP contribution in [-0.4, -0.2) is 28.0 Å². The van der Waals surface area contributed by atoms with Crippen molar-refractivity contribution in [3.8, 4) is 11.5 Å². The number of nitrogens with one attached hydrogen (secondary N) is 1. The number of carboxylic acids is 1. The van der Waals surface area contributed by atoms with Gasteiger partial charge in [0, 0.05) is 17.0 Å². The summed E-state index contributed by atoms with van der Waals surface area (Å²) in [6.45, 7) is 6.52. The maximum Gasteiger partial charge on any atom is 0.326 e. The summed E-state index contributed by atoms with van der Waals surface area (Å²) in [7, 11) is 0. The van der Waals surface area contributed by atoms with Crippen LogP contribution < -0.4 is 10.1 Å². The topological polar surface area (TPSA) is 88.5 Å². The molecule has 3 aromatic rings. The zero-order valence-electron chi connectivity index (χ0n) is 23.8. The molecule has 214 valence electrons. The number of carbonyl (C=O) groups is 2. The van der Waals surface area contributed by atoms with Gasteiger partial charge in [-0.05, 0) is 77.6 Å². The number of allylic oxidation sites excluding steroid dienone is 3. The lowest BCUT2D eigenvalue weighted by atomic mass is 9.87. The second-order valence-corrected chi connectivity index (χ2v) is 12.2. The number of carboxylic acid groups (broad SMARTS) is 1. The second-order valence-electron chi connectivity index (χ2n) is 12.2. The molecule has 41 heavy (non-hydrogen) atoms. The number of fused-ring (bicyclic) bond motifs is 1. The van der Waals surface area contributed by atoms with Gasteiger partial charge in [-0.25, -0.2) is 14.2 Å². The van der Waals surface area contributed by atoms with E-state index in [4.69, 9.17) is 9.72 Å². The molecule has 2 aliphatic rings. The predicted molar refractivity (Wildman–Crippen MR) is 158 cm³/mol. The number of amides is 1. The minimum Gasteiger partial charge on any atom is -0.480 e. The van der Waals surface area contributed by atoms with Gasteiger partial charge < -0.3 is 15.2 Å². The number of hydrogen-bond donors (Lipinski definition) is 2. The molecule has 0 aliphatic heterocycles. The summed E-state index contributed by atoms with van der Waals surface area (Å²) in [5.74, 6) is -0.781. The van der Waals surface area contributed by atoms with Gasteiger partial charge in [-0.3, -0.25) is 4.79 Å². The van der Waals surface area contributed by atoms with Crippen molar-refractivity contribution in [2.45, 2.75) is 70.8 Å². The number of hydrogen-bond acceptors (Lipinski definition) is 4. The molecule has 5 rings (SSSR count). The number of aliphatic carboxylic acids is 1. The number of benzene rings is 2. The SMILES string of the molecule is CC(C)(C)c1ccc(Oc2ccc3cc(C(=O)N[C@H](C(=O)O)C4C=CC(F)=CC4)nc(CC4CCCC4)c3c2)cc1. The average Bonchev–Trinajstić information content (AvgIpc) is 3.45. The van der Waals surface area contributed by atoms with Gasteiger partial charge in [-0.15, -0.1) is 0 Å². The van der Waals surface area contributed by atoms with Gasteiger partial charge in [0.25, 0.3) is 5.91 Å². The zero-order valence-corrected chi connectivity index (χ0v) is 23.8.